The molecule has 1 fully saturated rings. The van der Waals surface area contributed by atoms with Crippen molar-refractivity contribution in [2.75, 3.05) is 13.1 Å². The van der Waals surface area contributed by atoms with Gasteiger partial charge in [-0.05, 0) is 37.5 Å². The minimum atomic E-state index is -0.235. The van der Waals surface area contributed by atoms with Crippen molar-refractivity contribution in [3.8, 4) is 17.2 Å². The molecule has 2 aromatic heterocycles. The number of amides is 1. The number of hydrogen-bond acceptors (Lipinski definition) is 6. The lowest BCUT2D eigenvalue weighted by Crippen LogP contribution is -2.35. The number of aromatic nitrogens is 5. The SMILES string of the molecule is O=C(c1nc(-c2cn(-c3cccc(Cl)c3)nn2)no1)N1CCCCC1. The predicted molar refractivity (Wildman–Crippen MR) is 89.4 cm³/mol. The third kappa shape index (κ3) is 3.25. The third-order valence-corrected chi connectivity index (χ3v) is 4.28. The van der Waals surface area contributed by atoms with Crippen molar-refractivity contribution in [3.63, 3.8) is 0 Å². The molecule has 1 aromatic carbocycles. The highest BCUT2D eigenvalue weighted by atomic mass is 35.5. The van der Waals surface area contributed by atoms with Crippen LogP contribution in [-0.2, 0) is 0 Å². The first-order valence-corrected chi connectivity index (χ1v) is 8.40. The Morgan fingerprint density at radius 2 is 2.04 bits per heavy atom. The molecule has 0 radical (unpaired) electrons. The summed E-state index contributed by atoms with van der Waals surface area (Å²) in [7, 11) is 0. The topological polar surface area (TPSA) is 89.9 Å². The molecule has 3 heterocycles. The van der Waals surface area contributed by atoms with Crippen LogP contribution in [0.2, 0.25) is 5.02 Å². The van der Waals surface area contributed by atoms with Gasteiger partial charge in [0.2, 0.25) is 5.82 Å². The second-order valence-electron chi connectivity index (χ2n) is 5.80. The number of rotatable bonds is 3. The lowest BCUT2D eigenvalue weighted by atomic mass is 10.1. The monoisotopic (exact) mass is 358 g/mol. The Kier molecular flexibility index (Phi) is 4.19. The van der Waals surface area contributed by atoms with Gasteiger partial charge in [-0.15, -0.1) is 5.10 Å². The second kappa shape index (κ2) is 6.64. The van der Waals surface area contributed by atoms with Gasteiger partial charge in [0.1, 0.15) is 0 Å². The summed E-state index contributed by atoms with van der Waals surface area (Å²) in [4.78, 5) is 18.3. The molecule has 8 nitrogen and oxygen atoms in total. The number of piperidine rings is 1. The van der Waals surface area contributed by atoms with Crippen LogP contribution in [0.3, 0.4) is 0 Å². The van der Waals surface area contributed by atoms with E-state index in [1.807, 2.05) is 12.1 Å². The van der Waals surface area contributed by atoms with E-state index >= 15 is 0 Å². The Bertz CT molecular complexity index is 899. The fourth-order valence-corrected chi connectivity index (χ4v) is 2.94. The van der Waals surface area contributed by atoms with Crippen molar-refractivity contribution in [2.24, 2.45) is 0 Å². The zero-order valence-corrected chi connectivity index (χ0v) is 14.1. The van der Waals surface area contributed by atoms with Crippen LogP contribution < -0.4 is 0 Å². The Morgan fingerprint density at radius 1 is 1.20 bits per heavy atom. The second-order valence-corrected chi connectivity index (χ2v) is 6.24. The van der Waals surface area contributed by atoms with Gasteiger partial charge in [-0.3, -0.25) is 4.79 Å². The highest BCUT2D eigenvalue weighted by Gasteiger charge is 2.24. The normalized spacial score (nSPS) is 14.7. The van der Waals surface area contributed by atoms with E-state index < -0.39 is 0 Å². The number of carbonyl (C=O) groups excluding carboxylic acids is 1. The van der Waals surface area contributed by atoms with E-state index in [4.69, 9.17) is 16.1 Å². The molecule has 0 aliphatic carbocycles. The largest absolute Gasteiger partial charge is 0.334 e. The van der Waals surface area contributed by atoms with Gasteiger partial charge >= 0.3 is 11.8 Å². The molecule has 4 rings (SSSR count). The van der Waals surface area contributed by atoms with E-state index in [1.165, 1.54) is 0 Å². The predicted octanol–water partition coefficient (Wildman–Crippen LogP) is 2.60. The molecule has 1 amide bonds. The number of benzene rings is 1. The summed E-state index contributed by atoms with van der Waals surface area (Å²) in [6.45, 7) is 1.45. The first kappa shape index (κ1) is 15.8. The molecule has 0 atom stereocenters. The lowest BCUT2D eigenvalue weighted by Gasteiger charge is -2.24. The Hall–Kier alpha value is -2.74. The molecular weight excluding hydrogens is 344 g/mol. The summed E-state index contributed by atoms with van der Waals surface area (Å²) in [5, 5.41) is 12.5. The molecule has 0 bridgehead atoms. The molecule has 1 saturated heterocycles. The maximum absolute atomic E-state index is 12.4. The van der Waals surface area contributed by atoms with Gasteiger partial charge in [-0.1, -0.05) is 28.0 Å². The van der Waals surface area contributed by atoms with Crippen LogP contribution in [0, 0.1) is 0 Å². The molecule has 0 unspecified atom stereocenters. The van der Waals surface area contributed by atoms with E-state index in [0.29, 0.717) is 10.7 Å². The van der Waals surface area contributed by atoms with E-state index in [1.54, 1.807) is 27.9 Å². The zero-order chi connectivity index (χ0) is 17.2. The molecule has 25 heavy (non-hydrogen) atoms. The summed E-state index contributed by atoms with van der Waals surface area (Å²) in [5.41, 5.74) is 1.18. The number of likely N-dealkylation sites (tertiary alicyclic amines) is 1. The first-order chi connectivity index (χ1) is 12.2. The van der Waals surface area contributed by atoms with Crippen LogP contribution in [0.5, 0.6) is 0 Å². The number of carbonyl (C=O) groups is 1. The molecule has 9 heteroatoms. The smallest absolute Gasteiger partial charge is 0.316 e. The van der Waals surface area contributed by atoms with Crippen molar-refractivity contribution < 1.29 is 9.32 Å². The highest BCUT2D eigenvalue weighted by molar-refractivity contribution is 6.30. The van der Waals surface area contributed by atoms with Crippen LogP contribution >= 0.6 is 11.6 Å². The van der Waals surface area contributed by atoms with Crippen molar-refractivity contribution in [2.45, 2.75) is 19.3 Å². The standard InChI is InChI=1S/C16H15ClN6O2/c17-11-5-4-6-12(9-11)23-10-13(19-21-23)14-18-15(25-20-14)16(24)22-7-2-1-3-8-22/h4-6,9-10H,1-3,7-8H2. The average molecular weight is 359 g/mol. The third-order valence-electron chi connectivity index (χ3n) is 4.05. The van der Waals surface area contributed by atoms with Gasteiger partial charge < -0.3 is 9.42 Å². The van der Waals surface area contributed by atoms with E-state index in [9.17, 15) is 4.79 Å². The summed E-state index contributed by atoms with van der Waals surface area (Å²) in [6.07, 6.45) is 4.80. The molecule has 0 N–H and O–H groups in total. The summed E-state index contributed by atoms with van der Waals surface area (Å²) in [5.74, 6) is -0.0245. The molecule has 0 saturated carbocycles. The van der Waals surface area contributed by atoms with Gasteiger partial charge in [0.05, 0.1) is 11.9 Å². The minimum Gasteiger partial charge on any atom is -0.334 e. The zero-order valence-electron chi connectivity index (χ0n) is 13.3. The molecule has 1 aliphatic heterocycles. The number of nitrogens with zero attached hydrogens (tertiary/aromatic N) is 6. The first-order valence-electron chi connectivity index (χ1n) is 8.02. The molecule has 0 spiro atoms. The molecule has 3 aromatic rings. The van der Waals surface area contributed by atoms with Crippen LogP contribution in [-0.4, -0.2) is 49.0 Å². The van der Waals surface area contributed by atoms with Gasteiger partial charge in [-0.25, -0.2) is 4.68 Å². The van der Waals surface area contributed by atoms with E-state index in [2.05, 4.69) is 20.5 Å². The molecule has 1 aliphatic rings. The Balaban J connectivity index is 1.55. The quantitative estimate of drug-likeness (QED) is 0.714. The summed E-state index contributed by atoms with van der Waals surface area (Å²) < 4.78 is 6.68. The summed E-state index contributed by atoms with van der Waals surface area (Å²) in [6, 6.07) is 7.22. The minimum absolute atomic E-state index is 0.0193. The maximum atomic E-state index is 12.4. The maximum Gasteiger partial charge on any atom is 0.316 e. The molecule has 128 valence electrons. The number of halogens is 1. The van der Waals surface area contributed by atoms with Gasteiger partial charge in [0.15, 0.2) is 5.69 Å². The van der Waals surface area contributed by atoms with Crippen LogP contribution in [0.15, 0.2) is 35.0 Å². The van der Waals surface area contributed by atoms with Crippen LogP contribution in [0.1, 0.15) is 29.9 Å². The van der Waals surface area contributed by atoms with Crippen molar-refractivity contribution in [1.82, 2.24) is 30.0 Å². The lowest BCUT2D eigenvalue weighted by molar-refractivity contribution is 0.0674. The highest BCUT2D eigenvalue weighted by Crippen LogP contribution is 2.18. The summed E-state index contributed by atoms with van der Waals surface area (Å²) >= 11 is 5.99. The van der Waals surface area contributed by atoms with E-state index in [-0.39, 0.29) is 17.6 Å². The van der Waals surface area contributed by atoms with E-state index in [0.717, 1.165) is 38.0 Å². The fourth-order valence-electron chi connectivity index (χ4n) is 2.76. The average Bonchev–Trinajstić information content (AvgIpc) is 3.31. The van der Waals surface area contributed by atoms with Crippen LogP contribution in [0.25, 0.3) is 17.2 Å². The van der Waals surface area contributed by atoms with Crippen molar-refractivity contribution in [1.29, 1.82) is 0 Å². The van der Waals surface area contributed by atoms with Crippen molar-refractivity contribution >= 4 is 17.5 Å². The van der Waals surface area contributed by atoms with Crippen LogP contribution in [0.4, 0.5) is 0 Å². The van der Waals surface area contributed by atoms with Crippen molar-refractivity contribution in [3.05, 3.63) is 41.4 Å². The molecular formula is C16H15ClN6O2. The fraction of sp³-hybridized carbons (Fsp3) is 0.312. The Morgan fingerprint density at radius 3 is 2.84 bits per heavy atom. The van der Waals surface area contributed by atoms with Gasteiger partial charge in [-0.2, -0.15) is 4.98 Å². The Labute approximate surface area is 148 Å². The number of hydrogen-bond donors (Lipinski definition) is 0. The van der Waals surface area contributed by atoms with Gasteiger partial charge in [0, 0.05) is 18.1 Å². The van der Waals surface area contributed by atoms with Gasteiger partial charge in [0.25, 0.3) is 0 Å².